The number of hydrogen-bond donors (Lipinski definition) is 3. The van der Waals surface area contributed by atoms with Crippen LogP contribution in [0.2, 0.25) is 0 Å². The summed E-state index contributed by atoms with van der Waals surface area (Å²) in [6.07, 6.45) is -2.78. The maximum absolute atomic E-state index is 13.4. The molecule has 0 radical (unpaired) electrons. The molecule has 0 aromatic heterocycles. The van der Waals surface area contributed by atoms with E-state index in [4.69, 9.17) is 0 Å². The van der Waals surface area contributed by atoms with Gasteiger partial charge in [0, 0.05) is 25.3 Å². The summed E-state index contributed by atoms with van der Waals surface area (Å²) in [4.78, 5) is 14.1. The Labute approximate surface area is 192 Å². The van der Waals surface area contributed by atoms with Crippen molar-refractivity contribution in [1.29, 1.82) is 0 Å². The lowest BCUT2D eigenvalue weighted by Gasteiger charge is -2.38. The standard InChI is InChI=1S/C25H31F3N4O/c1-32(2)11-10-29-24(33)30-15-16-12-19-20-14-18(25(26,27)28)8-9-22(20)31-23(21(19)13-16)17-6-4-3-5-7-17/h3-9,14,16,19,21,23,31H,10-13,15H2,1-2H3,(H2,29,30,33)/t16-,19+,21+,23-/m0/s1. The number of rotatable bonds is 6. The molecule has 4 atom stereocenters. The van der Waals surface area contributed by atoms with Gasteiger partial charge in [-0.25, -0.2) is 4.79 Å². The number of halogens is 3. The van der Waals surface area contributed by atoms with Crippen LogP contribution in [0.4, 0.5) is 23.7 Å². The van der Waals surface area contributed by atoms with Gasteiger partial charge in [0.2, 0.25) is 0 Å². The minimum atomic E-state index is -4.37. The van der Waals surface area contributed by atoms with Crippen LogP contribution in [0.25, 0.3) is 0 Å². The number of alkyl halides is 3. The van der Waals surface area contributed by atoms with Crippen molar-refractivity contribution < 1.29 is 18.0 Å². The van der Waals surface area contributed by atoms with Gasteiger partial charge in [0.15, 0.2) is 0 Å². The van der Waals surface area contributed by atoms with Crippen molar-refractivity contribution in [1.82, 2.24) is 15.5 Å². The van der Waals surface area contributed by atoms with Crippen molar-refractivity contribution >= 4 is 11.7 Å². The van der Waals surface area contributed by atoms with E-state index >= 15 is 0 Å². The molecule has 1 fully saturated rings. The first-order valence-electron chi connectivity index (χ1n) is 11.4. The Morgan fingerprint density at radius 3 is 2.55 bits per heavy atom. The first-order valence-corrected chi connectivity index (χ1v) is 11.4. The van der Waals surface area contributed by atoms with Gasteiger partial charge in [-0.15, -0.1) is 0 Å². The van der Waals surface area contributed by atoms with Gasteiger partial charge < -0.3 is 20.9 Å². The highest BCUT2D eigenvalue weighted by molar-refractivity contribution is 5.73. The molecule has 0 unspecified atom stereocenters. The zero-order valence-corrected chi connectivity index (χ0v) is 19.0. The number of benzene rings is 2. The molecule has 0 bridgehead atoms. The minimum absolute atomic E-state index is 0.0114. The van der Waals surface area contributed by atoms with Crippen molar-refractivity contribution in [2.24, 2.45) is 11.8 Å². The Kier molecular flexibility index (Phi) is 6.83. The van der Waals surface area contributed by atoms with Crippen LogP contribution in [-0.4, -0.2) is 44.7 Å². The smallest absolute Gasteiger partial charge is 0.378 e. The third-order valence-corrected chi connectivity index (χ3v) is 6.78. The molecule has 0 saturated heterocycles. The second kappa shape index (κ2) is 9.63. The Morgan fingerprint density at radius 1 is 1.09 bits per heavy atom. The second-order valence-corrected chi connectivity index (χ2v) is 9.38. The molecule has 5 nitrogen and oxygen atoms in total. The molecule has 3 N–H and O–H groups in total. The fraction of sp³-hybridized carbons (Fsp3) is 0.480. The third kappa shape index (κ3) is 5.43. The molecule has 1 saturated carbocycles. The fourth-order valence-corrected chi connectivity index (χ4v) is 5.21. The normalized spacial score (nSPS) is 24.1. The van der Waals surface area contributed by atoms with Gasteiger partial charge in [-0.3, -0.25) is 0 Å². The summed E-state index contributed by atoms with van der Waals surface area (Å²) in [5.74, 6) is 0.373. The van der Waals surface area contributed by atoms with Crippen LogP contribution in [-0.2, 0) is 6.18 Å². The number of anilines is 1. The number of fused-ring (bicyclic) bond motifs is 3. The molecule has 2 aromatic rings. The zero-order chi connectivity index (χ0) is 23.6. The van der Waals surface area contributed by atoms with Gasteiger partial charge in [-0.1, -0.05) is 30.3 Å². The predicted octanol–water partition coefficient (Wildman–Crippen LogP) is 4.84. The van der Waals surface area contributed by atoms with Gasteiger partial charge in [0.25, 0.3) is 0 Å². The van der Waals surface area contributed by atoms with Crippen molar-refractivity contribution in [3.63, 3.8) is 0 Å². The largest absolute Gasteiger partial charge is 0.416 e. The summed E-state index contributed by atoms with van der Waals surface area (Å²) in [5.41, 5.74) is 2.03. The summed E-state index contributed by atoms with van der Waals surface area (Å²) in [7, 11) is 3.89. The molecule has 1 aliphatic heterocycles. The molecule has 0 spiro atoms. The summed E-state index contributed by atoms with van der Waals surface area (Å²) in [5, 5.41) is 9.31. The van der Waals surface area contributed by atoms with Gasteiger partial charge in [0.05, 0.1) is 11.6 Å². The topological polar surface area (TPSA) is 56.4 Å². The lowest BCUT2D eigenvalue weighted by molar-refractivity contribution is -0.137. The average Bonchev–Trinajstić information content (AvgIpc) is 3.21. The van der Waals surface area contributed by atoms with Crippen LogP contribution in [0.5, 0.6) is 0 Å². The molecule has 4 rings (SSSR count). The van der Waals surface area contributed by atoms with E-state index in [9.17, 15) is 18.0 Å². The highest BCUT2D eigenvalue weighted by Gasteiger charge is 2.45. The van der Waals surface area contributed by atoms with Gasteiger partial charge in [-0.05, 0) is 74.0 Å². The number of carbonyl (C=O) groups excluding carboxylic acids is 1. The number of amides is 2. The molecule has 33 heavy (non-hydrogen) atoms. The van der Waals surface area contributed by atoms with Crippen molar-refractivity contribution in [2.75, 3.05) is 39.0 Å². The van der Waals surface area contributed by atoms with Crippen molar-refractivity contribution in [3.05, 3.63) is 65.2 Å². The SMILES string of the molecule is CN(C)CCNC(=O)NC[C@@H]1C[C@@H]2[C@H](C1)c1cc(C(F)(F)F)ccc1N[C@H]2c1ccccc1. The molecule has 2 aromatic carbocycles. The number of likely N-dealkylation sites (N-methyl/N-ethyl adjacent to an activating group) is 1. The van der Waals surface area contributed by atoms with Crippen LogP contribution in [0, 0.1) is 11.8 Å². The summed E-state index contributed by atoms with van der Waals surface area (Å²) < 4.78 is 40.2. The highest BCUT2D eigenvalue weighted by Crippen LogP contribution is 2.55. The third-order valence-electron chi connectivity index (χ3n) is 6.78. The number of hydrogen-bond acceptors (Lipinski definition) is 3. The van der Waals surface area contributed by atoms with E-state index in [0.29, 0.717) is 13.1 Å². The Morgan fingerprint density at radius 2 is 1.85 bits per heavy atom. The van der Waals surface area contributed by atoms with Crippen LogP contribution < -0.4 is 16.0 Å². The quantitative estimate of drug-likeness (QED) is 0.578. The van der Waals surface area contributed by atoms with E-state index in [-0.39, 0.29) is 29.8 Å². The van der Waals surface area contributed by atoms with Crippen LogP contribution in [0.15, 0.2) is 48.5 Å². The minimum Gasteiger partial charge on any atom is -0.378 e. The molecule has 8 heteroatoms. The first-order chi connectivity index (χ1) is 15.7. The van der Waals surface area contributed by atoms with E-state index < -0.39 is 11.7 Å². The molecular formula is C25H31F3N4O. The highest BCUT2D eigenvalue weighted by atomic mass is 19.4. The summed E-state index contributed by atoms with van der Waals surface area (Å²) >= 11 is 0. The Bertz CT molecular complexity index is 964. The Hall–Kier alpha value is -2.74. The number of carbonyl (C=O) groups is 1. The second-order valence-electron chi connectivity index (χ2n) is 9.38. The van der Waals surface area contributed by atoms with Crippen molar-refractivity contribution in [2.45, 2.75) is 31.0 Å². The van der Waals surface area contributed by atoms with E-state index in [2.05, 4.69) is 28.1 Å². The number of nitrogens with one attached hydrogen (secondary N) is 3. The zero-order valence-electron chi connectivity index (χ0n) is 19.0. The predicted molar refractivity (Wildman–Crippen MR) is 123 cm³/mol. The monoisotopic (exact) mass is 460 g/mol. The fourth-order valence-electron chi connectivity index (χ4n) is 5.21. The number of nitrogens with zero attached hydrogens (tertiary/aromatic N) is 1. The average molecular weight is 461 g/mol. The maximum Gasteiger partial charge on any atom is 0.416 e. The van der Waals surface area contributed by atoms with Crippen LogP contribution >= 0.6 is 0 Å². The van der Waals surface area contributed by atoms with E-state index in [0.717, 1.165) is 42.3 Å². The van der Waals surface area contributed by atoms with Gasteiger partial charge >= 0.3 is 12.2 Å². The van der Waals surface area contributed by atoms with E-state index in [1.54, 1.807) is 6.07 Å². The van der Waals surface area contributed by atoms with Crippen LogP contribution in [0.1, 0.15) is 41.5 Å². The molecule has 2 aliphatic rings. The van der Waals surface area contributed by atoms with E-state index in [1.807, 2.05) is 37.2 Å². The number of urea groups is 1. The first kappa shape index (κ1) is 23.4. The maximum atomic E-state index is 13.4. The molecule has 2 amide bonds. The molecular weight excluding hydrogens is 429 g/mol. The van der Waals surface area contributed by atoms with Gasteiger partial charge in [0.1, 0.15) is 0 Å². The summed E-state index contributed by atoms with van der Waals surface area (Å²) in [6.45, 7) is 1.82. The van der Waals surface area contributed by atoms with E-state index in [1.165, 1.54) is 6.07 Å². The van der Waals surface area contributed by atoms with Gasteiger partial charge in [-0.2, -0.15) is 13.2 Å². The molecule has 1 aliphatic carbocycles. The molecule has 178 valence electrons. The summed E-state index contributed by atoms with van der Waals surface area (Å²) in [6, 6.07) is 13.9. The Balaban J connectivity index is 1.52. The lowest BCUT2D eigenvalue weighted by atomic mass is 9.77. The van der Waals surface area contributed by atoms with Crippen LogP contribution in [0.3, 0.4) is 0 Å². The molecule has 1 heterocycles. The lowest BCUT2D eigenvalue weighted by Crippen LogP contribution is -2.40. The van der Waals surface area contributed by atoms with Crippen molar-refractivity contribution in [3.8, 4) is 0 Å².